The molecule has 1 aliphatic heterocycles. The average Bonchev–Trinajstić information content (AvgIpc) is 3.15. The molecule has 1 aliphatic rings. The van der Waals surface area contributed by atoms with Gasteiger partial charge in [0.1, 0.15) is 17.3 Å². The molecule has 9 heteroatoms. The number of nitrogens with one attached hydrogen (secondary N) is 1. The summed E-state index contributed by atoms with van der Waals surface area (Å²) in [6.45, 7) is 3.98. The van der Waals surface area contributed by atoms with Gasteiger partial charge in [0.25, 0.3) is 0 Å². The minimum atomic E-state index is -0.797. The van der Waals surface area contributed by atoms with E-state index < -0.39 is 23.4 Å². The maximum atomic E-state index is 13.7. The Bertz CT molecular complexity index is 991. The fraction of sp³-hybridized carbons (Fsp3) is 0.263. The summed E-state index contributed by atoms with van der Waals surface area (Å²) in [6, 6.07) is 6.76. The number of nitrogens with zero attached hydrogens (tertiary/aromatic N) is 3. The Morgan fingerprint density at radius 3 is 2.46 bits per heavy atom. The van der Waals surface area contributed by atoms with Crippen LogP contribution in [0.1, 0.15) is 5.56 Å². The van der Waals surface area contributed by atoms with Crippen LogP contribution in [0.15, 0.2) is 30.3 Å². The number of aryl methyl sites for hydroxylation is 1. The Hall–Kier alpha value is -2.45. The number of rotatable bonds is 2. The van der Waals surface area contributed by atoms with E-state index in [1.165, 1.54) is 22.3 Å². The summed E-state index contributed by atoms with van der Waals surface area (Å²) < 4.78 is 28.4. The van der Waals surface area contributed by atoms with Crippen LogP contribution in [0.2, 0.25) is 5.02 Å². The summed E-state index contributed by atoms with van der Waals surface area (Å²) in [5, 5.41) is 3.86. The third kappa shape index (κ3) is 3.49. The van der Waals surface area contributed by atoms with Gasteiger partial charge in [-0.3, -0.25) is 0 Å². The van der Waals surface area contributed by atoms with Gasteiger partial charge < -0.3 is 15.1 Å². The smallest absolute Gasteiger partial charge is 0.322 e. The van der Waals surface area contributed by atoms with Gasteiger partial charge in [0.15, 0.2) is 5.13 Å². The highest BCUT2D eigenvalue weighted by Gasteiger charge is 2.25. The molecule has 1 saturated heterocycles. The van der Waals surface area contributed by atoms with Crippen LogP contribution in [0.25, 0.3) is 10.2 Å². The standard InChI is InChI=1S/C19H17ClF2N4OS/c1-11-5-6-12(20)17-15(11)24-19(28-17)26-9-7-25(8-10-26)18(27)23-16-13(21)3-2-4-14(16)22/h2-6H,7-10H2,1H3,(H,23,27). The lowest BCUT2D eigenvalue weighted by molar-refractivity contribution is 0.208. The number of halogens is 3. The lowest BCUT2D eigenvalue weighted by Crippen LogP contribution is -2.50. The highest BCUT2D eigenvalue weighted by molar-refractivity contribution is 7.22. The van der Waals surface area contributed by atoms with Crippen molar-refractivity contribution in [3.63, 3.8) is 0 Å². The number of piperazine rings is 1. The molecule has 28 heavy (non-hydrogen) atoms. The van der Waals surface area contributed by atoms with E-state index >= 15 is 0 Å². The zero-order valence-corrected chi connectivity index (χ0v) is 16.6. The number of aromatic nitrogens is 1. The van der Waals surface area contributed by atoms with Crippen molar-refractivity contribution in [3.05, 3.63) is 52.6 Å². The molecule has 2 heterocycles. The molecule has 1 N–H and O–H groups in total. The first-order chi connectivity index (χ1) is 13.4. The minimum Gasteiger partial charge on any atom is -0.345 e. The topological polar surface area (TPSA) is 48.5 Å². The molecular weight excluding hydrogens is 406 g/mol. The van der Waals surface area contributed by atoms with Crippen molar-refractivity contribution in [3.8, 4) is 0 Å². The van der Waals surface area contributed by atoms with E-state index in [4.69, 9.17) is 16.6 Å². The van der Waals surface area contributed by atoms with E-state index in [-0.39, 0.29) is 0 Å². The summed E-state index contributed by atoms with van der Waals surface area (Å²) in [7, 11) is 0. The second-order valence-electron chi connectivity index (χ2n) is 6.54. The van der Waals surface area contributed by atoms with Crippen LogP contribution in [0.4, 0.5) is 24.4 Å². The first kappa shape index (κ1) is 18.9. The van der Waals surface area contributed by atoms with E-state index in [9.17, 15) is 13.6 Å². The van der Waals surface area contributed by atoms with Crippen molar-refractivity contribution in [2.75, 3.05) is 36.4 Å². The molecule has 0 spiro atoms. The molecule has 0 radical (unpaired) electrons. The van der Waals surface area contributed by atoms with E-state index in [1.807, 2.05) is 19.1 Å². The van der Waals surface area contributed by atoms with E-state index in [0.717, 1.165) is 33.0 Å². The zero-order valence-electron chi connectivity index (χ0n) is 15.0. The van der Waals surface area contributed by atoms with Gasteiger partial charge in [0.05, 0.1) is 15.2 Å². The quantitative estimate of drug-likeness (QED) is 0.639. The SMILES string of the molecule is Cc1ccc(Cl)c2sc(N3CCN(C(=O)Nc4c(F)cccc4F)CC3)nc12. The molecular formula is C19H17ClF2N4OS. The average molecular weight is 423 g/mol. The molecule has 1 aromatic heterocycles. The first-order valence-corrected chi connectivity index (χ1v) is 9.94. The minimum absolute atomic E-state index is 0.421. The molecule has 2 amide bonds. The maximum absolute atomic E-state index is 13.7. The van der Waals surface area contributed by atoms with E-state index in [0.29, 0.717) is 31.2 Å². The molecule has 5 nitrogen and oxygen atoms in total. The van der Waals surface area contributed by atoms with Crippen molar-refractivity contribution in [1.29, 1.82) is 0 Å². The molecule has 0 bridgehead atoms. The predicted molar refractivity (Wildman–Crippen MR) is 109 cm³/mol. The van der Waals surface area contributed by atoms with Crippen LogP contribution in [0, 0.1) is 18.6 Å². The van der Waals surface area contributed by atoms with Crippen LogP contribution in [-0.4, -0.2) is 42.1 Å². The van der Waals surface area contributed by atoms with Crippen LogP contribution < -0.4 is 10.2 Å². The molecule has 4 rings (SSSR count). The number of para-hydroxylation sites is 1. The van der Waals surface area contributed by atoms with Gasteiger partial charge in [-0.15, -0.1) is 0 Å². The maximum Gasteiger partial charge on any atom is 0.322 e. The molecule has 2 aromatic carbocycles. The van der Waals surface area contributed by atoms with Gasteiger partial charge in [0.2, 0.25) is 0 Å². The largest absolute Gasteiger partial charge is 0.345 e. The lowest BCUT2D eigenvalue weighted by Gasteiger charge is -2.34. The van der Waals surface area contributed by atoms with Crippen LogP contribution >= 0.6 is 22.9 Å². The van der Waals surface area contributed by atoms with Gasteiger partial charge in [0, 0.05) is 26.2 Å². The van der Waals surface area contributed by atoms with Crippen LogP contribution in [-0.2, 0) is 0 Å². The zero-order chi connectivity index (χ0) is 19.8. The number of anilines is 2. The summed E-state index contributed by atoms with van der Waals surface area (Å²) >= 11 is 7.80. The normalized spacial score (nSPS) is 14.6. The molecule has 1 fully saturated rings. The second kappa shape index (κ2) is 7.52. The molecule has 3 aromatic rings. The number of hydrogen-bond donors (Lipinski definition) is 1. The van der Waals surface area contributed by atoms with Crippen molar-refractivity contribution in [2.45, 2.75) is 6.92 Å². The van der Waals surface area contributed by atoms with Crippen LogP contribution in [0.5, 0.6) is 0 Å². The van der Waals surface area contributed by atoms with Crippen molar-refractivity contribution in [2.24, 2.45) is 0 Å². The molecule has 0 aliphatic carbocycles. The highest BCUT2D eigenvalue weighted by atomic mass is 35.5. The van der Waals surface area contributed by atoms with Crippen LogP contribution in [0.3, 0.4) is 0 Å². The van der Waals surface area contributed by atoms with E-state index in [1.54, 1.807) is 0 Å². The molecule has 0 atom stereocenters. The van der Waals surface area contributed by atoms with Crippen molar-refractivity contribution < 1.29 is 13.6 Å². The number of thiazole rings is 1. The first-order valence-electron chi connectivity index (χ1n) is 8.74. The Morgan fingerprint density at radius 1 is 1.14 bits per heavy atom. The number of carbonyl (C=O) groups is 1. The summed E-state index contributed by atoms with van der Waals surface area (Å²) in [5.41, 5.74) is 1.53. The summed E-state index contributed by atoms with van der Waals surface area (Å²) in [6.07, 6.45) is 0. The Kier molecular flexibility index (Phi) is 5.07. The molecule has 146 valence electrons. The number of carbonyl (C=O) groups excluding carboxylic acids is 1. The number of hydrogen-bond acceptors (Lipinski definition) is 4. The van der Waals surface area contributed by atoms with Crippen molar-refractivity contribution in [1.82, 2.24) is 9.88 Å². The van der Waals surface area contributed by atoms with Gasteiger partial charge in [-0.25, -0.2) is 18.6 Å². The van der Waals surface area contributed by atoms with Gasteiger partial charge in [-0.2, -0.15) is 0 Å². The fourth-order valence-electron chi connectivity index (χ4n) is 3.13. The lowest BCUT2D eigenvalue weighted by atomic mass is 10.2. The number of benzene rings is 2. The Labute approximate surface area is 169 Å². The van der Waals surface area contributed by atoms with Gasteiger partial charge >= 0.3 is 6.03 Å². The monoisotopic (exact) mass is 422 g/mol. The number of urea groups is 1. The summed E-state index contributed by atoms with van der Waals surface area (Å²) in [5.74, 6) is -1.59. The molecule has 0 unspecified atom stereocenters. The fourth-order valence-corrected chi connectivity index (χ4v) is 4.50. The predicted octanol–water partition coefficient (Wildman–Crippen LogP) is 4.89. The number of fused-ring (bicyclic) bond motifs is 1. The van der Waals surface area contributed by atoms with Gasteiger partial charge in [-0.05, 0) is 30.7 Å². The van der Waals surface area contributed by atoms with Crippen molar-refractivity contribution >= 4 is 50.0 Å². The van der Waals surface area contributed by atoms with Gasteiger partial charge in [-0.1, -0.05) is 35.1 Å². The molecule has 0 saturated carbocycles. The Balaban J connectivity index is 1.44. The summed E-state index contributed by atoms with van der Waals surface area (Å²) in [4.78, 5) is 20.7. The third-order valence-electron chi connectivity index (χ3n) is 4.72. The second-order valence-corrected chi connectivity index (χ2v) is 7.92. The third-order valence-corrected chi connectivity index (χ3v) is 6.29. The number of amides is 2. The van der Waals surface area contributed by atoms with E-state index in [2.05, 4.69) is 10.2 Å². The highest BCUT2D eigenvalue weighted by Crippen LogP contribution is 2.35. The Morgan fingerprint density at radius 2 is 1.82 bits per heavy atom.